The molecular weight excluding hydrogens is 300 g/mol. The van der Waals surface area contributed by atoms with E-state index in [0.29, 0.717) is 12.2 Å². The molecule has 0 bridgehead atoms. The van der Waals surface area contributed by atoms with Crippen molar-refractivity contribution in [2.45, 2.75) is 12.8 Å². The first kappa shape index (κ1) is 9.21. The van der Waals surface area contributed by atoms with Gasteiger partial charge in [0.05, 0.1) is 10.9 Å². The van der Waals surface area contributed by atoms with E-state index in [1.165, 1.54) is 0 Å². The molecule has 0 N–H and O–H groups in total. The SMILES string of the molecule is O=C1CCc2cc(Br)cc(Br)c2O1. The Kier molecular flexibility index (Phi) is 2.43. The van der Waals surface area contributed by atoms with Crippen LogP contribution in [-0.4, -0.2) is 5.97 Å². The molecule has 4 heteroatoms. The highest BCUT2D eigenvalue weighted by Gasteiger charge is 2.19. The normalized spacial score (nSPS) is 15.1. The van der Waals surface area contributed by atoms with Gasteiger partial charge in [-0.1, -0.05) is 15.9 Å². The molecule has 1 aromatic rings. The van der Waals surface area contributed by atoms with Crippen molar-refractivity contribution < 1.29 is 9.53 Å². The third-order valence-electron chi connectivity index (χ3n) is 1.90. The molecule has 0 aliphatic carbocycles. The Morgan fingerprint density at radius 1 is 1.23 bits per heavy atom. The highest BCUT2D eigenvalue weighted by molar-refractivity contribution is 9.11. The predicted molar refractivity (Wildman–Crippen MR) is 55.8 cm³/mol. The lowest BCUT2D eigenvalue weighted by Gasteiger charge is -2.16. The van der Waals surface area contributed by atoms with Crippen molar-refractivity contribution in [3.05, 3.63) is 26.6 Å². The summed E-state index contributed by atoms with van der Waals surface area (Å²) in [6.45, 7) is 0. The van der Waals surface area contributed by atoms with E-state index >= 15 is 0 Å². The van der Waals surface area contributed by atoms with Crippen molar-refractivity contribution in [3.8, 4) is 5.75 Å². The molecule has 68 valence electrons. The van der Waals surface area contributed by atoms with E-state index in [4.69, 9.17) is 4.74 Å². The van der Waals surface area contributed by atoms with Crippen molar-refractivity contribution in [3.63, 3.8) is 0 Å². The van der Waals surface area contributed by atoms with Crippen LogP contribution in [-0.2, 0) is 11.2 Å². The van der Waals surface area contributed by atoms with Crippen LogP contribution in [0, 0.1) is 0 Å². The fourth-order valence-corrected chi connectivity index (χ4v) is 2.71. The summed E-state index contributed by atoms with van der Waals surface area (Å²) in [7, 11) is 0. The number of rotatable bonds is 0. The molecule has 13 heavy (non-hydrogen) atoms. The van der Waals surface area contributed by atoms with Crippen LogP contribution in [0.5, 0.6) is 5.75 Å². The summed E-state index contributed by atoms with van der Waals surface area (Å²) in [6, 6.07) is 3.85. The Hall–Kier alpha value is -0.350. The Bertz CT molecular complexity index is 374. The number of benzene rings is 1. The van der Waals surface area contributed by atoms with Crippen molar-refractivity contribution >= 4 is 37.8 Å². The van der Waals surface area contributed by atoms with E-state index in [1.807, 2.05) is 12.1 Å². The van der Waals surface area contributed by atoms with Gasteiger partial charge < -0.3 is 4.74 Å². The Balaban J connectivity index is 2.53. The van der Waals surface area contributed by atoms with Crippen LogP contribution < -0.4 is 4.74 Å². The van der Waals surface area contributed by atoms with E-state index in [-0.39, 0.29) is 5.97 Å². The Morgan fingerprint density at radius 3 is 2.77 bits per heavy atom. The van der Waals surface area contributed by atoms with Gasteiger partial charge in [0.2, 0.25) is 0 Å². The van der Waals surface area contributed by atoms with E-state index in [2.05, 4.69) is 31.9 Å². The number of aryl methyl sites for hydroxylation is 1. The van der Waals surface area contributed by atoms with Gasteiger partial charge in [-0.3, -0.25) is 4.79 Å². The zero-order valence-electron chi connectivity index (χ0n) is 6.64. The van der Waals surface area contributed by atoms with Crippen LogP contribution >= 0.6 is 31.9 Å². The second-order valence-electron chi connectivity index (χ2n) is 2.85. The average Bonchev–Trinajstić information content (AvgIpc) is 2.06. The maximum absolute atomic E-state index is 11.0. The van der Waals surface area contributed by atoms with Crippen LogP contribution in [0.25, 0.3) is 0 Å². The van der Waals surface area contributed by atoms with Gasteiger partial charge >= 0.3 is 5.97 Å². The van der Waals surface area contributed by atoms with Crippen LogP contribution in [0.4, 0.5) is 0 Å². The topological polar surface area (TPSA) is 26.3 Å². The van der Waals surface area contributed by atoms with E-state index in [0.717, 1.165) is 20.9 Å². The van der Waals surface area contributed by atoms with Gasteiger partial charge in [0.15, 0.2) is 0 Å². The molecule has 0 fully saturated rings. The molecule has 0 saturated heterocycles. The molecule has 0 atom stereocenters. The van der Waals surface area contributed by atoms with Crippen molar-refractivity contribution in [2.75, 3.05) is 0 Å². The van der Waals surface area contributed by atoms with Gasteiger partial charge in [-0.05, 0) is 40.0 Å². The maximum atomic E-state index is 11.0. The number of halogens is 2. The van der Waals surface area contributed by atoms with Gasteiger partial charge in [-0.25, -0.2) is 0 Å². The molecule has 0 saturated carbocycles. The highest BCUT2D eigenvalue weighted by Crippen LogP contribution is 2.35. The monoisotopic (exact) mass is 304 g/mol. The number of fused-ring (bicyclic) bond motifs is 1. The number of hydrogen-bond donors (Lipinski definition) is 0. The van der Waals surface area contributed by atoms with Gasteiger partial charge in [0.1, 0.15) is 5.75 Å². The average molecular weight is 306 g/mol. The van der Waals surface area contributed by atoms with Gasteiger partial charge in [0.25, 0.3) is 0 Å². The van der Waals surface area contributed by atoms with Crippen LogP contribution in [0.15, 0.2) is 21.1 Å². The summed E-state index contributed by atoms with van der Waals surface area (Å²) in [4.78, 5) is 11.0. The molecule has 1 heterocycles. The Labute approximate surface area is 92.5 Å². The molecule has 2 rings (SSSR count). The molecule has 0 spiro atoms. The van der Waals surface area contributed by atoms with Gasteiger partial charge in [-0.15, -0.1) is 0 Å². The predicted octanol–water partition coefficient (Wildman–Crippen LogP) is 3.06. The van der Waals surface area contributed by atoms with E-state index in [1.54, 1.807) is 0 Å². The Morgan fingerprint density at radius 2 is 2.00 bits per heavy atom. The number of hydrogen-bond acceptors (Lipinski definition) is 2. The number of carbonyl (C=O) groups is 1. The third-order valence-corrected chi connectivity index (χ3v) is 2.95. The van der Waals surface area contributed by atoms with Crippen molar-refractivity contribution in [1.82, 2.24) is 0 Å². The van der Waals surface area contributed by atoms with Crippen molar-refractivity contribution in [1.29, 1.82) is 0 Å². The van der Waals surface area contributed by atoms with Crippen LogP contribution in [0.3, 0.4) is 0 Å². The minimum Gasteiger partial charge on any atom is -0.425 e. The van der Waals surface area contributed by atoms with E-state index < -0.39 is 0 Å². The van der Waals surface area contributed by atoms with Gasteiger partial charge in [0, 0.05) is 4.47 Å². The minimum absolute atomic E-state index is 0.157. The number of carbonyl (C=O) groups excluding carboxylic acids is 1. The lowest BCUT2D eigenvalue weighted by molar-refractivity contribution is -0.135. The fraction of sp³-hybridized carbons (Fsp3) is 0.222. The first-order valence-corrected chi connectivity index (χ1v) is 5.44. The lowest BCUT2D eigenvalue weighted by Crippen LogP contribution is -2.16. The summed E-state index contributed by atoms with van der Waals surface area (Å²) in [5.41, 5.74) is 1.07. The molecule has 0 unspecified atom stereocenters. The van der Waals surface area contributed by atoms with Gasteiger partial charge in [-0.2, -0.15) is 0 Å². The largest absolute Gasteiger partial charge is 0.425 e. The highest BCUT2D eigenvalue weighted by atomic mass is 79.9. The third kappa shape index (κ3) is 1.79. The van der Waals surface area contributed by atoms with Crippen LogP contribution in [0.2, 0.25) is 0 Å². The summed E-state index contributed by atoms with van der Waals surface area (Å²) in [5.74, 6) is 0.509. The molecule has 1 aromatic carbocycles. The van der Waals surface area contributed by atoms with Crippen molar-refractivity contribution in [2.24, 2.45) is 0 Å². The molecule has 0 amide bonds. The minimum atomic E-state index is -0.157. The quantitative estimate of drug-likeness (QED) is 0.544. The number of esters is 1. The second kappa shape index (κ2) is 3.42. The summed E-state index contributed by atoms with van der Waals surface area (Å²) in [6.07, 6.45) is 1.22. The zero-order chi connectivity index (χ0) is 9.42. The number of ether oxygens (including phenoxy) is 1. The molecule has 2 nitrogen and oxygen atoms in total. The standard InChI is InChI=1S/C9H6Br2O2/c10-6-3-5-1-2-8(12)13-9(5)7(11)4-6/h3-4H,1-2H2. The fourth-order valence-electron chi connectivity index (χ4n) is 1.32. The molecule has 0 aromatic heterocycles. The van der Waals surface area contributed by atoms with Crippen LogP contribution in [0.1, 0.15) is 12.0 Å². The molecular formula is C9H6Br2O2. The summed E-state index contributed by atoms with van der Waals surface area (Å²) >= 11 is 6.74. The molecule has 0 radical (unpaired) electrons. The second-order valence-corrected chi connectivity index (χ2v) is 4.62. The molecule has 1 aliphatic heterocycles. The lowest BCUT2D eigenvalue weighted by atomic mass is 10.1. The summed E-state index contributed by atoms with van der Waals surface area (Å²) < 4.78 is 6.93. The molecule has 1 aliphatic rings. The zero-order valence-corrected chi connectivity index (χ0v) is 9.81. The first-order valence-electron chi connectivity index (χ1n) is 3.85. The smallest absolute Gasteiger partial charge is 0.311 e. The van der Waals surface area contributed by atoms with E-state index in [9.17, 15) is 4.79 Å². The first-order chi connectivity index (χ1) is 6.16. The maximum Gasteiger partial charge on any atom is 0.311 e. The summed E-state index contributed by atoms with van der Waals surface area (Å²) in [5, 5.41) is 0.